The van der Waals surface area contributed by atoms with Gasteiger partial charge in [-0.3, -0.25) is 9.79 Å². The zero-order chi connectivity index (χ0) is 16.6. The summed E-state index contributed by atoms with van der Waals surface area (Å²) < 4.78 is 5.15. The number of hydrogen-bond donors (Lipinski definition) is 1. The minimum absolute atomic E-state index is 0.140. The lowest BCUT2D eigenvalue weighted by Gasteiger charge is -2.10. The monoisotopic (exact) mass is 348 g/mol. The van der Waals surface area contributed by atoms with Crippen molar-refractivity contribution >= 4 is 39.6 Å². The van der Waals surface area contributed by atoms with Crippen LogP contribution in [0.15, 0.2) is 29.3 Å². The molecule has 0 saturated carbocycles. The number of rotatable bonds is 3. The molecule has 0 fully saturated rings. The van der Waals surface area contributed by atoms with Crippen molar-refractivity contribution in [3.63, 3.8) is 0 Å². The number of carbonyl (C=O) groups is 1. The number of anilines is 1. The van der Waals surface area contributed by atoms with Gasteiger partial charge in [-0.15, -0.1) is 11.3 Å². The summed E-state index contributed by atoms with van der Waals surface area (Å²) in [6, 6.07) is 6.96. The van der Waals surface area contributed by atoms with Gasteiger partial charge in [-0.2, -0.15) is 0 Å². The third-order valence-corrected chi connectivity index (χ3v) is 5.26. The molecule has 2 aromatic rings. The second kappa shape index (κ2) is 6.43. The molecule has 0 spiro atoms. The minimum atomic E-state index is -0.565. The molecular formula is C17H17ClN2O2S. The molecular weight excluding hydrogens is 332 g/mol. The van der Waals surface area contributed by atoms with Gasteiger partial charge < -0.3 is 10.1 Å². The molecule has 0 bridgehead atoms. The summed E-state index contributed by atoms with van der Waals surface area (Å²) in [6.45, 7) is 4.35. The number of fused-ring (bicyclic) bond motifs is 1. The number of halogens is 1. The largest absolute Gasteiger partial charge is 0.382 e. The first-order valence-corrected chi connectivity index (χ1v) is 8.44. The lowest BCUT2D eigenvalue weighted by atomic mass is 10.00. The van der Waals surface area contributed by atoms with Crippen LogP contribution >= 0.6 is 22.9 Å². The topological polar surface area (TPSA) is 50.7 Å². The number of aryl methyl sites for hydroxylation is 1. The Morgan fingerprint density at radius 1 is 1.30 bits per heavy atom. The first-order valence-electron chi connectivity index (χ1n) is 7.25. The SMILES string of the molecule is COCC1N=C(c2ccc(Cl)cc2)c2c(sc(C)c2C)NC1=O. The van der Waals surface area contributed by atoms with Gasteiger partial charge in [0.2, 0.25) is 0 Å². The third kappa shape index (κ3) is 3.04. The summed E-state index contributed by atoms with van der Waals surface area (Å²) in [5, 5.41) is 4.50. The summed E-state index contributed by atoms with van der Waals surface area (Å²) in [4.78, 5) is 18.3. The van der Waals surface area contributed by atoms with Gasteiger partial charge >= 0.3 is 0 Å². The van der Waals surface area contributed by atoms with Crippen LogP contribution in [0.5, 0.6) is 0 Å². The fourth-order valence-corrected chi connectivity index (χ4v) is 3.76. The van der Waals surface area contributed by atoms with E-state index in [0.29, 0.717) is 5.02 Å². The number of aliphatic imine (C=N–C) groups is 1. The van der Waals surface area contributed by atoms with Crippen LogP contribution in [0.3, 0.4) is 0 Å². The van der Waals surface area contributed by atoms with Crippen molar-refractivity contribution in [1.29, 1.82) is 0 Å². The number of methoxy groups -OCH3 is 1. The van der Waals surface area contributed by atoms with E-state index in [1.807, 2.05) is 31.2 Å². The molecule has 0 radical (unpaired) electrons. The highest BCUT2D eigenvalue weighted by Gasteiger charge is 2.29. The predicted octanol–water partition coefficient (Wildman–Crippen LogP) is 3.82. The van der Waals surface area contributed by atoms with Gasteiger partial charge in [0.15, 0.2) is 6.04 Å². The normalized spacial score (nSPS) is 17.3. The molecule has 1 atom stereocenters. The number of amides is 1. The van der Waals surface area contributed by atoms with Crippen LogP contribution in [-0.4, -0.2) is 31.4 Å². The Morgan fingerprint density at radius 3 is 2.65 bits per heavy atom. The van der Waals surface area contributed by atoms with E-state index in [-0.39, 0.29) is 12.5 Å². The van der Waals surface area contributed by atoms with Crippen LogP contribution in [0.4, 0.5) is 5.00 Å². The van der Waals surface area contributed by atoms with Crippen molar-refractivity contribution in [3.8, 4) is 0 Å². The molecule has 23 heavy (non-hydrogen) atoms. The Balaban J connectivity index is 2.20. The predicted molar refractivity (Wildman–Crippen MR) is 95.2 cm³/mol. The molecule has 120 valence electrons. The zero-order valence-electron chi connectivity index (χ0n) is 13.1. The Kier molecular flexibility index (Phi) is 4.53. The maximum absolute atomic E-state index is 12.4. The maximum Gasteiger partial charge on any atom is 0.252 e. The lowest BCUT2D eigenvalue weighted by Crippen LogP contribution is -2.29. The molecule has 1 aromatic heterocycles. The zero-order valence-corrected chi connectivity index (χ0v) is 14.7. The highest BCUT2D eigenvalue weighted by Crippen LogP contribution is 2.36. The van der Waals surface area contributed by atoms with Gasteiger partial charge in [0.05, 0.1) is 12.3 Å². The highest BCUT2D eigenvalue weighted by molar-refractivity contribution is 7.17. The minimum Gasteiger partial charge on any atom is -0.382 e. The van der Waals surface area contributed by atoms with Gasteiger partial charge in [0, 0.05) is 28.1 Å². The molecule has 0 aliphatic carbocycles. The van der Waals surface area contributed by atoms with E-state index in [9.17, 15) is 4.79 Å². The van der Waals surface area contributed by atoms with Crippen molar-refractivity contribution in [3.05, 3.63) is 50.9 Å². The molecule has 6 heteroatoms. The number of nitrogens with zero attached hydrogens (tertiary/aromatic N) is 1. The average Bonchev–Trinajstić information content (AvgIpc) is 2.71. The molecule has 2 heterocycles. The van der Waals surface area contributed by atoms with Crippen LogP contribution in [-0.2, 0) is 9.53 Å². The molecule has 1 N–H and O–H groups in total. The summed E-state index contributed by atoms with van der Waals surface area (Å²) in [5.41, 5.74) is 3.87. The molecule has 4 nitrogen and oxygen atoms in total. The summed E-state index contributed by atoms with van der Waals surface area (Å²) in [5.74, 6) is -0.140. The average molecular weight is 349 g/mol. The Hall–Kier alpha value is -1.69. The molecule has 1 amide bonds. The first kappa shape index (κ1) is 16.2. The standard InChI is InChI=1S/C17H17ClN2O2S/c1-9-10(2)23-17-14(9)15(11-4-6-12(18)7-5-11)19-13(8-22-3)16(21)20-17/h4-7,13H,8H2,1-3H3,(H,20,21). The molecule has 1 aliphatic rings. The number of ether oxygens (including phenoxy) is 1. The van der Waals surface area contributed by atoms with E-state index in [1.165, 1.54) is 4.88 Å². The maximum atomic E-state index is 12.4. The summed E-state index contributed by atoms with van der Waals surface area (Å²) in [6.07, 6.45) is 0. The van der Waals surface area contributed by atoms with Gasteiger partial charge in [-0.1, -0.05) is 23.7 Å². The molecule has 0 saturated heterocycles. The number of thiophene rings is 1. The number of hydrogen-bond acceptors (Lipinski definition) is 4. The van der Waals surface area contributed by atoms with Crippen molar-refractivity contribution < 1.29 is 9.53 Å². The quantitative estimate of drug-likeness (QED) is 0.916. The van der Waals surface area contributed by atoms with Crippen molar-refractivity contribution in [2.75, 3.05) is 19.0 Å². The van der Waals surface area contributed by atoms with E-state index >= 15 is 0 Å². The van der Waals surface area contributed by atoms with Crippen LogP contribution in [0.1, 0.15) is 21.6 Å². The Labute approximate surface area is 144 Å². The fraction of sp³-hybridized carbons (Fsp3) is 0.294. The second-order valence-electron chi connectivity index (χ2n) is 5.43. The lowest BCUT2D eigenvalue weighted by molar-refractivity contribution is -0.118. The van der Waals surface area contributed by atoms with Crippen molar-refractivity contribution in [1.82, 2.24) is 0 Å². The van der Waals surface area contributed by atoms with E-state index in [4.69, 9.17) is 21.3 Å². The van der Waals surface area contributed by atoms with E-state index in [2.05, 4.69) is 12.2 Å². The molecule has 3 rings (SSSR count). The Morgan fingerprint density at radius 2 is 2.00 bits per heavy atom. The van der Waals surface area contributed by atoms with Crippen LogP contribution in [0, 0.1) is 13.8 Å². The van der Waals surface area contributed by atoms with Crippen molar-refractivity contribution in [2.24, 2.45) is 4.99 Å². The highest BCUT2D eigenvalue weighted by atomic mass is 35.5. The van der Waals surface area contributed by atoms with E-state index in [0.717, 1.165) is 27.4 Å². The van der Waals surface area contributed by atoms with E-state index in [1.54, 1.807) is 18.4 Å². The van der Waals surface area contributed by atoms with Gasteiger partial charge in [0.1, 0.15) is 5.00 Å². The summed E-state index contributed by atoms with van der Waals surface area (Å²) in [7, 11) is 1.57. The second-order valence-corrected chi connectivity index (χ2v) is 7.09. The summed E-state index contributed by atoms with van der Waals surface area (Å²) >= 11 is 7.57. The van der Waals surface area contributed by atoms with Gasteiger partial charge in [-0.05, 0) is 31.5 Å². The van der Waals surface area contributed by atoms with Gasteiger partial charge in [0.25, 0.3) is 5.91 Å². The van der Waals surface area contributed by atoms with Crippen LogP contribution in [0.2, 0.25) is 5.02 Å². The fourth-order valence-electron chi connectivity index (χ4n) is 2.57. The van der Waals surface area contributed by atoms with Gasteiger partial charge in [-0.25, -0.2) is 0 Å². The Bertz CT molecular complexity index is 781. The third-order valence-electron chi connectivity index (χ3n) is 3.89. The van der Waals surface area contributed by atoms with Crippen LogP contribution in [0.25, 0.3) is 0 Å². The molecule has 1 aromatic carbocycles. The molecule has 1 aliphatic heterocycles. The van der Waals surface area contributed by atoms with E-state index < -0.39 is 6.04 Å². The first-order chi connectivity index (χ1) is 11.0. The molecule has 1 unspecified atom stereocenters. The number of carbonyl (C=O) groups excluding carboxylic acids is 1. The smallest absolute Gasteiger partial charge is 0.252 e. The number of benzene rings is 1. The van der Waals surface area contributed by atoms with Crippen LogP contribution < -0.4 is 5.32 Å². The van der Waals surface area contributed by atoms with Crippen molar-refractivity contribution in [2.45, 2.75) is 19.9 Å². The number of nitrogens with one attached hydrogen (secondary N) is 1.